The van der Waals surface area contributed by atoms with Crippen molar-refractivity contribution in [3.63, 3.8) is 0 Å². The predicted octanol–water partition coefficient (Wildman–Crippen LogP) is 4.64. The summed E-state index contributed by atoms with van der Waals surface area (Å²) in [7, 11) is -4.50. The smallest absolute Gasteiger partial charge is 0.744 e. The summed E-state index contributed by atoms with van der Waals surface area (Å²) in [6.07, 6.45) is 0. The van der Waals surface area contributed by atoms with Crippen LogP contribution in [-0.4, -0.2) is 67.0 Å². The van der Waals surface area contributed by atoms with Crippen LogP contribution in [0.5, 0.6) is 5.75 Å². The molecule has 4 aromatic carbocycles. The third-order valence-corrected chi connectivity index (χ3v) is 5.06. The van der Waals surface area contributed by atoms with Gasteiger partial charge in [-0.1, -0.05) is 42.5 Å². The molecule has 134 valence electrons. The van der Waals surface area contributed by atoms with Gasteiger partial charge in [-0.2, -0.15) is 5.11 Å². The fourth-order valence-electron chi connectivity index (χ4n) is 2.89. The van der Waals surface area contributed by atoms with Crippen molar-refractivity contribution in [1.29, 1.82) is 0 Å². The third-order valence-electron chi connectivity index (χ3n) is 4.23. The fraction of sp³-hybridized carbons (Fsp3) is 0. The molecule has 8 heteroatoms. The average molecular weight is 515 g/mol. The number of fused-ring (bicyclic) bond motifs is 2. The molecule has 0 radical (unpaired) electrons. The first-order chi connectivity index (χ1) is 12.9. The van der Waals surface area contributed by atoms with E-state index in [0.29, 0.717) is 16.8 Å². The fourth-order valence-corrected chi connectivity index (χ4v) is 3.39. The van der Waals surface area contributed by atoms with E-state index in [1.165, 1.54) is 12.1 Å². The minimum Gasteiger partial charge on any atom is -0.744 e. The Hall–Kier alpha value is -1.72. The van der Waals surface area contributed by atoms with Gasteiger partial charge in [-0.25, -0.2) is 8.42 Å². The molecule has 0 saturated carbocycles. The van der Waals surface area contributed by atoms with Gasteiger partial charge in [-0.3, -0.25) is 0 Å². The first-order valence-electron chi connectivity index (χ1n) is 8.04. The molecule has 28 heavy (non-hydrogen) atoms. The van der Waals surface area contributed by atoms with Gasteiger partial charge in [0.05, 0.1) is 10.6 Å². The van der Waals surface area contributed by atoms with Crippen LogP contribution in [0.2, 0.25) is 0 Å². The van der Waals surface area contributed by atoms with E-state index in [1.807, 2.05) is 24.3 Å². The Kier molecular flexibility index (Phi) is 6.25. The number of phenolic OH excluding ortho intramolecular Hbond substituents is 1. The third kappa shape index (κ3) is 4.31. The Balaban J connectivity index is 0.00000225. The summed E-state index contributed by atoms with van der Waals surface area (Å²) in [5, 5.41) is 21.6. The van der Waals surface area contributed by atoms with Crippen LogP contribution in [0.15, 0.2) is 87.9 Å². The van der Waals surface area contributed by atoms with Gasteiger partial charge >= 0.3 is 48.9 Å². The maximum atomic E-state index is 11.1. The molecule has 0 bridgehead atoms. The van der Waals surface area contributed by atoms with Gasteiger partial charge in [-0.15, -0.1) is 5.11 Å². The molecular formula is C20H13BaN2O4S+. The molecule has 0 aromatic heterocycles. The second kappa shape index (κ2) is 8.34. The van der Waals surface area contributed by atoms with Crippen LogP contribution in [-0.2, 0) is 10.1 Å². The quantitative estimate of drug-likeness (QED) is 0.244. The number of nitrogens with zero attached hydrogens (tertiary/aromatic N) is 2. The molecule has 0 atom stereocenters. The summed E-state index contributed by atoms with van der Waals surface area (Å²) in [4.78, 5) is -0.273. The van der Waals surface area contributed by atoms with Crippen LogP contribution in [0.3, 0.4) is 0 Å². The average Bonchev–Trinajstić information content (AvgIpc) is 2.66. The van der Waals surface area contributed by atoms with Crippen molar-refractivity contribution in [3.05, 3.63) is 72.8 Å². The van der Waals surface area contributed by atoms with Crippen LogP contribution in [0.25, 0.3) is 21.5 Å². The number of phenols is 1. The number of hydrogen-bond acceptors (Lipinski definition) is 6. The molecule has 0 fully saturated rings. The van der Waals surface area contributed by atoms with E-state index in [-0.39, 0.29) is 59.5 Å². The molecule has 0 unspecified atom stereocenters. The van der Waals surface area contributed by atoms with Gasteiger partial charge in [0.15, 0.2) is 0 Å². The molecule has 1 N–H and O–H groups in total. The summed E-state index contributed by atoms with van der Waals surface area (Å²) in [5.74, 6) is 0.0310. The van der Waals surface area contributed by atoms with Crippen molar-refractivity contribution >= 4 is 91.9 Å². The molecule has 0 aliphatic carbocycles. The first kappa shape index (κ1) is 21.0. The predicted molar refractivity (Wildman–Crippen MR) is 107 cm³/mol. The van der Waals surface area contributed by atoms with Crippen LogP contribution >= 0.6 is 0 Å². The van der Waals surface area contributed by atoms with Crippen molar-refractivity contribution in [3.8, 4) is 5.75 Å². The van der Waals surface area contributed by atoms with Crippen molar-refractivity contribution in [2.45, 2.75) is 4.90 Å². The second-order valence-corrected chi connectivity index (χ2v) is 7.38. The van der Waals surface area contributed by atoms with Gasteiger partial charge in [-0.05, 0) is 46.5 Å². The van der Waals surface area contributed by atoms with Crippen LogP contribution in [0.1, 0.15) is 0 Å². The zero-order valence-corrected chi connectivity index (χ0v) is 19.9. The van der Waals surface area contributed by atoms with Crippen molar-refractivity contribution in [2.75, 3.05) is 0 Å². The Bertz CT molecular complexity index is 1320. The maximum Gasteiger partial charge on any atom is 2.00 e. The van der Waals surface area contributed by atoms with E-state index in [2.05, 4.69) is 10.2 Å². The van der Waals surface area contributed by atoms with Crippen molar-refractivity contribution < 1.29 is 18.1 Å². The van der Waals surface area contributed by atoms with E-state index in [4.69, 9.17) is 0 Å². The van der Waals surface area contributed by atoms with Crippen molar-refractivity contribution in [1.82, 2.24) is 0 Å². The second-order valence-electron chi connectivity index (χ2n) is 6.00. The number of azo groups is 1. The number of hydrogen-bond donors (Lipinski definition) is 1. The van der Waals surface area contributed by atoms with E-state index in [1.54, 1.807) is 36.4 Å². The van der Waals surface area contributed by atoms with Gasteiger partial charge in [0.1, 0.15) is 21.6 Å². The maximum absolute atomic E-state index is 11.1. The number of benzene rings is 4. The van der Waals surface area contributed by atoms with Crippen LogP contribution < -0.4 is 0 Å². The monoisotopic (exact) mass is 515 g/mol. The number of rotatable bonds is 3. The Morgan fingerprint density at radius 2 is 1.46 bits per heavy atom. The molecule has 0 aliphatic rings. The standard InChI is InChI=1S/C20H14N2O4S.Ba/c23-19-10-7-13-3-1-2-4-18(13)20(19)22-21-16-8-5-15-12-17(27(24,25)26)9-6-14(15)11-16;/h1-12,23H,(H,24,25,26);/q;+2/p-1. The van der Waals surface area contributed by atoms with Gasteiger partial charge < -0.3 is 9.66 Å². The minimum atomic E-state index is -4.50. The molecule has 4 rings (SSSR count). The Morgan fingerprint density at radius 3 is 2.25 bits per heavy atom. The van der Waals surface area contributed by atoms with E-state index < -0.39 is 10.1 Å². The summed E-state index contributed by atoms with van der Waals surface area (Å²) < 4.78 is 33.4. The SMILES string of the molecule is O=S(=O)([O-])c1ccc2cc(N=Nc3c(O)ccc4ccccc34)ccc2c1.[Ba+2]. The largest absolute Gasteiger partial charge is 2.00 e. The summed E-state index contributed by atoms with van der Waals surface area (Å²) in [6.45, 7) is 0. The molecule has 0 saturated heterocycles. The van der Waals surface area contributed by atoms with Crippen molar-refractivity contribution in [2.24, 2.45) is 10.2 Å². The number of aromatic hydroxyl groups is 1. The topological polar surface area (TPSA) is 102 Å². The van der Waals surface area contributed by atoms with Crippen LogP contribution in [0, 0.1) is 0 Å². The molecule has 0 amide bonds. The summed E-state index contributed by atoms with van der Waals surface area (Å²) >= 11 is 0. The molecule has 0 spiro atoms. The summed E-state index contributed by atoms with van der Waals surface area (Å²) in [5.41, 5.74) is 0.911. The van der Waals surface area contributed by atoms with E-state index in [0.717, 1.165) is 16.2 Å². The molecule has 4 aromatic rings. The zero-order valence-electron chi connectivity index (χ0n) is 14.6. The first-order valence-corrected chi connectivity index (χ1v) is 9.45. The zero-order chi connectivity index (χ0) is 19.0. The van der Waals surface area contributed by atoms with Gasteiger partial charge in [0.2, 0.25) is 0 Å². The molecule has 6 nitrogen and oxygen atoms in total. The van der Waals surface area contributed by atoms with E-state index in [9.17, 15) is 18.1 Å². The molecule has 0 heterocycles. The van der Waals surface area contributed by atoms with E-state index >= 15 is 0 Å². The molecular weight excluding hydrogens is 502 g/mol. The molecule has 0 aliphatic heterocycles. The van der Waals surface area contributed by atoms with Gasteiger partial charge in [0.25, 0.3) is 0 Å². The minimum absolute atomic E-state index is 0. The Morgan fingerprint density at radius 1 is 0.786 bits per heavy atom. The summed E-state index contributed by atoms with van der Waals surface area (Å²) in [6, 6.07) is 20.1. The van der Waals surface area contributed by atoms with Gasteiger partial charge in [0, 0.05) is 5.39 Å². The van der Waals surface area contributed by atoms with Crippen LogP contribution in [0.4, 0.5) is 11.4 Å². The normalized spacial score (nSPS) is 11.8. The Labute approximate surface area is 201 Å².